The second-order valence-electron chi connectivity index (χ2n) is 3.16. The standard InChI is InChI=1S/C8H17N.C2H6O.H2O/c1-2-9-7-5-3-4-6-8-9;1-2-3;/h2-8H2,1H3;3H,2H2,1H3;1H2. The zero-order valence-corrected chi connectivity index (χ0v) is 9.05. The number of rotatable bonds is 1. The van der Waals surface area contributed by atoms with Crippen molar-refractivity contribution in [1.82, 2.24) is 4.90 Å². The minimum atomic E-state index is 0. The third-order valence-electron chi connectivity index (χ3n) is 2.15. The van der Waals surface area contributed by atoms with Gasteiger partial charge in [-0.2, -0.15) is 0 Å². The Morgan fingerprint density at radius 2 is 1.38 bits per heavy atom. The first-order chi connectivity index (χ1) is 5.85. The molecule has 0 radical (unpaired) electrons. The Kier molecular flexibility index (Phi) is 14.0. The molecule has 0 saturated carbocycles. The fourth-order valence-electron chi connectivity index (χ4n) is 1.45. The van der Waals surface area contributed by atoms with Crippen molar-refractivity contribution >= 4 is 0 Å². The number of aliphatic hydroxyl groups is 1. The molecule has 1 fully saturated rings. The molecule has 0 bridgehead atoms. The van der Waals surface area contributed by atoms with Crippen LogP contribution in [0.25, 0.3) is 0 Å². The van der Waals surface area contributed by atoms with Crippen molar-refractivity contribution in [3.8, 4) is 0 Å². The molecule has 0 aromatic rings. The van der Waals surface area contributed by atoms with Crippen LogP contribution in [0.1, 0.15) is 39.5 Å². The van der Waals surface area contributed by atoms with Gasteiger partial charge in [-0.25, -0.2) is 0 Å². The Labute approximate surface area is 82.1 Å². The van der Waals surface area contributed by atoms with Crippen LogP contribution >= 0.6 is 0 Å². The average Bonchev–Trinajstić information content (AvgIpc) is 2.33. The Hall–Kier alpha value is -0.120. The predicted molar refractivity (Wildman–Crippen MR) is 57.0 cm³/mol. The van der Waals surface area contributed by atoms with Crippen LogP contribution < -0.4 is 0 Å². The first kappa shape index (κ1) is 15.4. The molecule has 0 unspecified atom stereocenters. The third-order valence-corrected chi connectivity index (χ3v) is 2.15. The molecule has 3 N–H and O–H groups in total. The summed E-state index contributed by atoms with van der Waals surface area (Å²) in [4.78, 5) is 2.55. The molecule has 13 heavy (non-hydrogen) atoms. The Morgan fingerprint density at radius 1 is 1.00 bits per heavy atom. The van der Waals surface area contributed by atoms with Gasteiger partial charge in [-0.1, -0.05) is 19.8 Å². The maximum absolute atomic E-state index is 7.57. The summed E-state index contributed by atoms with van der Waals surface area (Å²) in [5.74, 6) is 0. The number of nitrogens with zero attached hydrogens (tertiary/aromatic N) is 1. The van der Waals surface area contributed by atoms with Gasteiger partial charge in [-0.3, -0.25) is 0 Å². The monoisotopic (exact) mass is 191 g/mol. The van der Waals surface area contributed by atoms with E-state index in [0.717, 1.165) is 0 Å². The minimum absolute atomic E-state index is 0. The largest absolute Gasteiger partial charge is 0.412 e. The van der Waals surface area contributed by atoms with Crippen LogP contribution in [0.5, 0.6) is 0 Å². The van der Waals surface area contributed by atoms with Gasteiger partial charge in [0.1, 0.15) is 0 Å². The molecule has 1 aliphatic heterocycles. The lowest BCUT2D eigenvalue weighted by atomic mass is 10.2. The normalized spacial score (nSPS) is 17.8. The predicted octanol–water partition coefficient (Wildman–Crippen LogP) is 1.06. The van der Waals surface area contributed by atoms with Gasteiger partial charge in [-0.15, -0.1) is 0 Å². The summed E-state index contributed by atoms with van der Waals surface area (Å²) in [5.41, 5.74) is 0. The van der Waals surface area contributed by atoms with E-state index in [-0.39, 0.29) is 12.1 Å². The van der Waals surface area contributed by atoms with E-state index in [1.54, 1.807) is 6.92 Å². The number of likely N-dealkylation sites (tertiary alicyclic amines) is 1. The van der Waals surface area contributed by atoms with E-state index < -0.39 is 0 Å². The summed E-state index contributed by atoms with van der Waals surface area (Å²) >= 11 is 0. The summed E-state index contributed by atoms with van der Waals surface area (Å²) in [5, 5.41) is 7.57. The summed E-state index contributed by atoms with van der Waals surface area (Å²) < 4.78 is 0. The minimum Gasteiger partial charge on any atom is -0.412 e. The highest BCUT2D eigenvalue weighted by atomic mass is 16.2. The van der Waals surface area contributed by atoms with E-state index in [1.165, 1.54) is 45.3 Å². The summed E-state index contributed by atoms with van der Waals surface area (Å²) in [6, 6.07) is 0. The van der Waals surface area contributed by atoms with E-state index in [9.17, 15) is 0 Å². The summed E-state index contributed by atoms with van der Waals surface area (Å²) in [6.45, 7) is 8.12. The highest BCUT2D eigenvalue weighted by Gasteiger charge is 2.04. The summed E-state index contributed by atoms with van der Waals surface area (Å²) in [7, 11) is 0. The lowest BCUT2D eigenvalue weighted by Crippen LogP contribution is -2.23. The van der Waals surface area contributed by atoms with Crippen molar-refractivity contribution in [3.05, 3.63) is 0 Å². The van der Waals surface area contributed by atoms with Crippen molar-refractivity contribution < 1.29 is 10.6 Å². The molecule has 82 valence electrons. The molecule has 1 saturated heterocycles. The van der Waals surface area contributed by atoms with E-state index in [2.05, 4.69) is 11.8 Å². The van der Waals surface area contributed by atoms with Crippen molar-refractivity contribution in [2.75, 3.05) is 26.2 Å². The highest BCUT2D eigenvalue weighted by molar-refractivity contribution is 4.60. The Morgan fingerprint density at radius 3 is 1.69 bits per heavy atom. The molecular weight excluding hydrogens is 166 g/mol. The second-order valence-corrected chi connectivity index (χ2v) is 3.16. The van der Waals surface area contributed by atoms with E-state index in [1.807, 2.05) is 0 Å². The van der Waals surface area contributed by atoms with Gasteiger partial charge in [-0.05, 0) is 39.4 Å². The lowest BCUT2D eigenvalue weighted by molar-refractivity contribution is 0.301. The smallest absolute Gasteiger partial charge is 0.0402 e. The maximum Gasteiger partial charge on any atom is 0.0402 e. The molecule has 1 heterocycles. The van der Waals surface area contributed by atoms with Crippen molar-refractivity contribution in [3.63, 3.8) is 0 Å². The van der Waals surface area contributed by atoms with Crippen LogP contribution in [0.4, 0.5) is 0 Å². The Bertz CT molecular complexity index is 81.0. The average molecular weight is 191 g/mol. The van der Waals surface area contributed by atoms with Crippen molar-refractivity contribution in [2.24, 2.45) is 0 Å². The zero-order valence-electron chi connectivity index (χ0n) is 9.05. The SMILES string of the molecule is CCN1CCCCCC1.CCO.O. The van der Waals surface area contributed by atoms with Crippen molar-refractivity contribution in [2.45, 2.75) is 39.5 Å². The first-order valence-electron chi connectivity index (χ1n) is 5.18. The molecule has 0 amide bonds. The molecule has 1 rings (SSSR count). The van der Waals surface area contributed by atoms with Gasteiger partial charge in [0.15, 0.2) is 0 Å². The molecule has 3 heteroatoms. The zero-order chi connectivity index (χ0) is 9.23. The van der Waals surface area contributed by atoms with Crippen LogP contribution in [0.3, 0.4) is 0 Å². The van der Waals surface area contributed by atoms with Crippen LogP contribution in [0.15, 0.2) is 0 Å². The van der Waals surface area contributed by atoms with Gasteiger partial charge in [0, 0.05) is 6.61 Å². The van der Waals surface area contributed by atoms with Crippen LogP contribution in [0.2, 0.25) is 0 Å². The van der Waals surface area contributed by atoms with Crippen LogP contribution in [0, 0.1) is 0 Å². The van der Waals surface area contributed by atoms with Gasteiger partial charge in [0.2, 0.25) is 0 Å². The Balaban J connectivity index is 0. The van der Waals surface area contributed by atoms with E-state index >= 15 is 0 Å². The van der Waals surface area contributed by atoms with Crippen molar-refractivity contribution in [1.29, 1.82) is 0 Å². The van der Waals surface area contributed by atoms with Gasteiger partial charge in [0.05, 0.1) is 0 Å². The fraction of sp³-hybridized carbons (Fsp3) is 1.00. The maximum atomic E-state index is 7.57. The van der Waals surface area contributed by atoms with Gasteiger partial charge >= 0.3 is 0 Å². The second kappa shape index (κ2) is 11.9. The van der Waals surface area contributed by atoms with E-state index in [0.29, 0.717) is 0 Å². The molecule has 0 aromatic carbocycles. The lowest BCUT2D eigenvalue weighted by Gasteiger charge is -2.15. The van der Waals surface area contributed by atoms with Crippen LogP contribution in [-0.4, -0.2) is 41.7 Å². The topological polar surface area (TPSA) is 55.0 Å². The molecular formula is C10H25NO2. The third kappa shape index (κ3) is 9.80. The first-order valence-corrected chi connectivity index (χ1v) is 5.18. The molecule has 0 spiro atoms. The van der Waals surface area contributed by atoms with Crippen LogP contribution in [-0.2, 0) is 0 Å². The molecule has 3 nitrogen and oxygen atoms in total. The number of aliphatic hydroxyl groups excluding tert-OH is 1. The molecule has 0 aromatic heterocycles. The fourth-order valence-corrected chi connectivity index (χ4v) is 1.45. The highest BCUT2D eigenvalue weighted by Crippen LogP contribution is 2.08. The van der Waals surface area contributed by atoms with Gasteiger partial charge < -0.3 is 15.5 Å². The molecule has 0 atom stereocenters. The number of hydrogen-bond donors (Lipinski definition) is 1. The number of hydrogen-bond acceptors (Lipinski definition) is 2. The molecule has 0 aliphatic carbocycles. The molecule has 1 aliphatic rings. The summed E-state index contributed by atoms with van der Waals surface area (Å²) in [6.07, 6.45) is 5.76. The van der Waals surface area contributed by atoms with Gasteiger partial charge in [0.25, 0.3) is 0 Å². The quantitative estimate of drug-likeness (QED) is 0.673. The van der Waals surface area contributed by atoms with E-state index in [4.69, 9.17) is 5.11 Å².